The summed E-state index contributed by atoms with van der Waals surface area (Å²) < 4.78 is 6.67. The molecule has 7 nitrogen and oxygen atoms in total. The van der Waals surface area contributed by atoms with Crippen molar-refractivity contribution in [3.8, 4) is 40.2 Å². The molecule has 0 aliphatic heterocycles. The fraction of sp³-hybridized carbons (Fsp3) is 0.0732. The van der Waals surface area contributed by atoms with Crippen LogP contribution in [0.5, 0.6) is 40.2 Å². The van der Waals surface area contributed by atoms with Crippen LogP contribution in [0.3, 0.4) is 0 Å². The molecular weight excluding hydrogens is 604 g/mol. The van der Waals surface area contributed by atoms with Gasteiger partial charge in [0.15, 0.2) is 6.10 Å². The van der Waals surface area contributed by atoms with Gasteiger partial charge < -0.3 is 35.4 Å². The molecule has 238 valence electrons. The highest BCUT2D eigenvalue weighted by molar-refractivity contribution is 5.94. The zero-order valence-electron chi connectivity index (χ0n) is 25.7. The second-order valence-electron chi connectivity index (χ2n) is 11.9. The van der Waals surface area contributed by atoms with Crippen molar-refractivity contribution in [1.29, 1.82) is 0 Å². The highest BCUT2D eigenvalue weighted by Crippen LogP contribution is 2.42. The molecule has 0 spiro atoms. The van der Waals surface area contributed by atoms with Crippen LogP contribution in [0.4, 0.5) is 0 Å². The van der Waals surface area contributed by atoms with Gasteiger partial charge in [0, 0.05) is 16.3 Å². The van der Waals surface area contributed by atoms with Gasteiger partial charge in [0.2, 0.25) is 0 Å². The lowest BCUT2D eigenvalue weighted by atomic mass is 9.91. The Kier molecular flexibility index (Phi) is 7.87. The molecule has 0 fully saturated rings. The van der Waals surface area contributed by atoms with E-state index < -0.39 is 6.10 Å². The number of aromatic hydroxyl groups is 6. The highest BCUT2D eigenvalue weighted by Gasteiger charge is 2.24. The number of phenolic OH excluding ortho intramolecular Hbond substituents is 6. The zero-order chi connectivity index (χ0) is 33.4. The van der Waals surface area contributed by atoms with E-state index in [1.807, 2.05) is 48.5 Å². The Morgan fingerprint density at radius 2 is 0.979 bits per heavy atom. The first-order chi connectivity index (χ1) is 23.2. The molecule has 48 heavy (non-hydrogen) atoms. The maximum atomic E-state index is 11.7. The molecule has 1 unspecified atom stereocenters. The van der Waals surface area contributed by atoms with Crippen LogP contribution in [0.1, 0.15) is 39.5 Å². The van der Waals surface area contributed by atoms with Crippen LogP contribution in [0, 0.1) is 0 Å². The number of phenols is 6. The Morgan fingerprint density at radius 3 is 1.62 bits per heavy atom. The lowest BCUT2D eigenvalue weighted by molar-refractivity contribution is 0.242. The molecule has 7 rings (SSSR count). The Labute approximate surface area is 276 Å². The van der Waals surface area contributed by atoms with Gasteiger partial charge in [0.05, 0.1) is 0 Å². The van der Waals surface area contributed by atoms with E-state index >= 15 is 0 Å². The average Bonchev–Trinajstić information content (AvgIpc) is 3.09. The summed E-state index contributed by atoms with van der Waals surface area (Å²) in [5.74, 6) is 0.902. The Balaban J connectivity index is 1.34. The van der Waals surface area contributed by atoms with Gasteiger partial charge in [-0.3, -0.25) is 0 Å². The third-order valence-corrected chi connectivity index (χ3v) is 8.66. The smallest absolute Gasteiger partial charge is 0.152 e. The predicted molar refractivity (Wildman–Crippen MR) is 185 cm³/mol. The summed E-state index contributed by atoms with van der Waals surface area (Å²) in [7, 11) is 0. The molecule has 0 heterocycles. The van der Waals surface area contributed by atoms with Crippen LogP contribution < -0.4 is 4.74 Å². The average molecular weight is 637 g/mol. The van der Waals surface area contributed by atoms with Gasteiger partial charge in [-0.25, -0.2) is 0 Å². The summed E-state index contributed by atoms with van der Waals surface area (Å²) in [6.07, 6.45) is 0.218. The standard InChI is InChI=1S/C41H32O7/c42-29-8-1-24(2-9-29)19-27-7-18-39(46)36-23-33(15-17-34(27)36)48-41(26-5-12-31(44)13-6-26)38-21-28(20-25-3-10-30(43)11-4-25)35-16-14-32(45)22-37(35)40(38)47/h1-18,21-23,41-47H,19-20H2. The van der Waals surface area contributed by atoms with Gasteiger partial charge in [-0.05, 0) is 124 Å². The second kappa shape index (κ2) is 12.5. The first-order valence-corrected chi connectivity index (χ1v) is 15.5. The van der Waals surface area contributed by atoms with Crippen molar-refractivity contribution in [3.63, 3.8) is 0 Å². The van der Waals surface area contributed by atoms with E-state index in [0.717, 1.165) is 33.0 Å². The fourth-order valence-electron chi connectivity index (χ4n) is 6.21. The quantitative estimate of drug-likeness (QED) is 0.0985. The van der Waals surface area contributed by atoms with Crippen molar-refractivity contribution in [1.82, 2.24) is 0 Å². The van der Waals surface area contributed by atoms with E-state index in [2.05, 4.69) is 0 Å². The van der Waals surface area contributed by atoms with Gasteiger partial charge in [-0.1, -0.05) is 54.6 Å². The molecule has 0 bridgehead atoms. The van der Waals surface area contributed by atoms with E-state index in [-0.39, 0.29) is 34.5 Å². The molecule has 0 saturated heterocycles. The first kappa shape index (κ1) is 30.3. The van der Waals surface area contributed by atoms with Crippen LogP contribution in [0.25, 0.3) is 21.5 Å². The zero-order valence-corrected chi connectivity index (χ0v) is 25.7. The van der Waals surface area contributed by atoms with E-state index in [1.165, 1.54) is 6.07 Å². The summed E-state index contributed by atoms with van der Waals surface area (Å²) in [4.78, 5) is 0. The van der Waals surface area contributed by atoms with Gasteiger partial charge in [-0.15, -0.1) is 0 Å². The Bertz CT molecular complexity index is 2260. The third-order valence-electron chi connectivity index (χ3n) is 8.66. The van der Waals surface area contributed by atoms with Crippen molar-refractivity contribution in [2.24, 2.45) is 0 Å². The lowest BCUT2D eigenvalue weighted by Gasteiger charge is -2.24. The molecular formula is C41H32O7. The number of benzene rings is 7. The SMILES string of the molecule is Oc1ccc(Cc2ccc(O)c3cc(OC(c4ccc(O)cc4)c4cc(Cc5ccc(O)cc5)c5ccc(O)cc5c4O)ccc23)cc1. The molecule has 0 aliphatic rings. The van der Waals surface area contributed by atoms with E-state index in [0.29, 0.717) is 40.5 Å². The van der Waals surface area contributed by atoms with Gasteiger partial charge in [0.25, 0.3) is 0 Å². The monoisotopic (exact) mass is 636 g/mol. The molecule has 0 saturated carbocycles. The molecule has 0 amide bonds. The van der Waals surface area contributed by atoms with Gasteiger partial charge in [-0.2, -0.15) is 0 Å². The molecule has 7 heteroatoms. The van der Waals surface area contributed by atoms with Gasteiger partial charge in [0.1, 0.15) is 40.2 Å². The van der Waals surface area contributed by atoms with Crippen molar-refractivity contribution in [2.75, 3.05) is 0 Å². The first-order valence-electron chi connectivity index (χ1n) is 15.5. The lowest BCUT2D eigenvalue weighted by Crippen LogP contribution is -2.11. The number of hydrogen-bond donors (Lipinski definition) is 6. The van der Waals surface area contributed by atoms with Crippen LogP contribution in [0.15, 0.2) is 127 Å². The Morgan fingerprint density at radius 1 is 0.438 bits per heavy atom. The molecule has 0 aliphatic carbocycles. The van der Waals surface area contributed by atoms with Crippen LogP contribution in [0.2, 0.25) is 0 Å². The minimum atomic E-state index is -0.851. The van der Waals surface area contributed by atoms with Crippen LogP contribution in [-0.4, -0.2) is 30.6 Å². The number of rotatable bonds is 8. The second-order valence-corrected chi connectivity index (χ2v) is 11.9. The molecule has 0 aromatic heterocycles. The van der Waals surface area contributed by atoms with Crippen LogP contribution in [-0.2, 0) is 12.8 Å². The topological polar surface area (TPSA) is 131 Å². The molecule has 7 aromatic rings. The van der Waals surface area contributed by atoms with Gasteiger partial charge >= 0.3 is 0 Å². The van der Waals surface area contributed by atoms with Crippen LogP contribution >= 0.6 is 0 Å². The summed E-state index contributed by atoms with van der Waals surface area (Å²) in [5, 5.41) is 65.3. The van der Waals surface area contributed by atoms with Crippen molar-refractivity contribution in [3.05, 3.63) is 161 Å². The predicted octanol–water partition coefficient (Wildman–Crippen LogP) is 8.58. The number of fused-ring (bicyclic) bond motifs is 2. The van der Waals surface area contributed by atoms with E-state index in [4.69, 9.17) is 4.74 Å². The van der Waals surface area contributed by atoms with E-state index in [9.17, 15) is 30.6 Å². The summed E-state index contributed by atoms with van der Waals surface area (Å²) >= 11 is 0. The van der Waals surface area contributed by atoms with E-state index in [1.54, 1.807) is 72.8 Å². The summed E-state index contributed by atoms with van der Waals surface area (Å²) in [6.45, 7) is 0. The molecule has 6 N–H and O–H groups in total. The molecule has 7 aromatic carbocycles. The van der Waals surface area contributed by atoms with Crippen molar-refractivity contribution >= 4 is 21.5 Å². The van der Waals surface area contributed by atoms with Crippen molar-refractivity contribution < 1.29 is 35.4 Å². The highest BCUT2D eigenvalue weighted by atomic mass is 16.5. The summed E-state index contributed by atoms with van der Waals surface area (Å²) in [6, 6.07) is 36.2. The minimum Gasteiger partial charge on any atom is -0.508 e. The minimum absolute atomic E-state index is 0.000692. The normalized spacial score (nSPS) is 11.9. The molecule has 0 radical (unpaired) electrons. The Hall–Kier alpha value is -6.34. The fourth-order valence-corrected chi connectivity index (χ4v) is 6.21. The number of ether oxygens (including phenoxy) is 1. The summed E-state index contributed by atoms with van der Waals surface area (Å²) in [5.41, 5.74) is 4.90. The largest absolute Gasteiger partial charge is 0.508 e. The number of hydrogen-bond acceptors (Lipinski definition) is 7. The molecule has 1 atom stereocenters. The maximum absolute atomic E-state index is 11.7. The third kappa shape index (κ3) is 6.09. The maximum Gasteiger partial charge on any atom is 0.152 e. The van der Waals surface area contributed by atoms with Crippen molar-refractivity contribution in [2.45, 2.75) is 18.9 Å².